The molecule has 0 spiro atoms. The standard InChI is InChI=1S/C23H30N2O3/c1-3-5-6-9-16-27-20-12-10-11-19(17-20)25-23(26)18-24-21-13-7-8-14-22(21)28-15-4-2/h4,7-8,10-14,17,24H,2-3,5-6,9,15-16,18H2,1H3,(H,25,26). The zero-order valence-corrected chi connectivity index (χ0v) is 16.6. The maximum Gasteiger partial charge on any atom is 0.243 e. The van der Waals surface area contributed by atoms with Gasteiger partial charge < -0.3 is 20.1 Å². The number of carbonyl (C=O) groups is 1. The van der Waals surface area contributed by atoms with Gasteiger partial charge in [-0.1, -0.05) is 57.0 Å². The molecule has 2 aromatic carbocycles. The number of ether oxygens (including phenoxy) is 2. The van der Waals surface area contributed by atoms with Crippen LogP contribution in [-0.2, 0) is 4.79 Å². The lowest BCUT2D eigenvalue weighted by Crippen LogP contribution is -2.22. The van der Waals surface area contributed by atoms with Gasteiger partial charge in [0, 0.05) is 11.8 Å². The molecule has 0 bridgehead atoms. The molecule has 150 valence electrons. The van der Waals surface area contributed by atoms with E-state index in [0.29, 0.717) is 24.7 Å². The summed E-state index contributed by atoms with van der Waals surface area (Å²) in [4.78, 5) is 12.3. The number of para-hydroxylation sites is 2. The van der Waals surface area contributed by atoms with Gasteiger partial charge in [-0.3, -0.25) is 4.79 Å². The number of rotatable bonds is 13. The van der Waals surface area contributed by atoms with Crippen LogP contribution in [0.5, 0.6) is 11.5 Å². The fourth-order valence-corrected chi connectivity index (χ4v) is 2.65. The average Bonchev–Trinajstić information content (AvgIpc) is 2.71. The molecule has 0 unspecified atom stereocenters. The van der Waals surface area contributed by atoms with Crippen LogP contribution in [0.3, 0.4) is 0 Å². The van der Waals surface area contributed by atoms with Gasteiger partial charge in [0.2, 0.25) is 5.91 Å². The van der Waals surface area contributed by atoms with Crippen molar-refractivity contribution in [1.29, 1.82) is 0 Å². The highest BCUT2D eigenvalue weighted by atomic mass is 16.5. The number of amides is 1. The summed E-state index contributed by atoms with van der Waals surface area (Å²) in [6.07, 6.45) is 6.34. The number of carbonyl (C=O) groups excluding carboxylic acids is 1. The van der Waals surface area contributed by atoms with Crippen molar-refractivity contribution in [2.24, 2.45) is 0 Å². The largest absolute Gasteiger partial charge is 0.494 e. The van der Waals surface area contributed by atoms with Gasteiger partial charge in [-0.2, -0.15) is 0 Å². The number of unbranched alkanes of at least 4 members (excludes halogenated alkanes) is 3. The Hall–Kier alpha value is -2.95. The first kappa shape index (κ1) is 21.4. The summed E-state index contributed by atoms with van der Waals surface area (Å²) in [5.41, 5.74) is 1.48. The Bertz CT molecular complexity index is 746. The lowest BCUT2D eigenvalue weighted by Gasteiger charge is -2.13. The lowest BCUT2D eigenvalue weighted by atomic mass is 10.2. The first-order chi connectivity index (χ1) is 13.7. The van der Waals surface area contributed by atoms with Crippen LogP contribution >= 0.6 is 0 Å². The summed E-state index contributed by atoms with van der Waals surface area (Å²) in [6, 6.07) is 15.0. The topological polar surface area (TPSA) is 59.6 Å². The minimum absolute atomic E-state index is 0.135. The maximum absolute atomic E-state index is 12.3. The second-order valence-electron chi connectivity index (χ2n) is 6.43. The van der Waals surface area contributed by atoms with Crippen LogP contribution in [-0.4, -0.2) is 25.7 Å². The van der Waals surface area contributed by atoms with Crippen LogP contribution in [0, 0.1) is 0 Å². The number of hydrogen-bond donors (Lipinski definition) is 2. The van der Waals surface area contributed by atoms with Crippen LogP contribution in [0.15, 0.2) is 61.2 Å². The molecule has 2 rings (SSSR count). The van der Waals surface area contributed by atoms with Gasteiger partial charge in [0.15, 0.2) is 0 Å². The molecule has 0 saturated heterocycles. The number of anilines is 2. The molecule has 0 fully saturated rings. The Morgan fingerprint density at radius 2 is 1.93 bits per heavy atom. The van der Waals surface area contributed by atoms with Gasteiger partial charge in [0.05, 0.1) is 18.8 Å². The quantitative estimate of drug-likeness (QED) is 0.366. The molecule has 0 aliphatic carbocycles. The Labute approximate surface area is 167 Å². The minimum atomic E-state index is -0.140. The molecule has 1 amide bonds. The first-order valence-corrected chi connectivity index (χ1v) is 9.82. The van der Waals surface area contributed by atoms with Crippen molar-refractivity contribution in [1.82, 2.24) is 0 Å². The first-order valence-electron chi connectivity index (χ1n) is 9.82. The van der Waals surface area contributed by atoms with Crippen LogP contribution in [0.2, 0.25) is 0 Å². The third-order valence-corrected chi connectivity index (χ3v) is 4.07. The number of nitrogens with one attached hydrogen (secondary N) is 2. The summed E-state index contributed by atoms with van der Waals surface area (Å²) in [7, 11) is 0. The zero-order valence-electron chi connectivity index (χ0n) is 16.6. The fraction of sp³-hybridized carbons (Fsp3) is 0.348. The molecule has 5 heteroatoms. The predicted molar refractivity (Wildman–Crippen MR) is 115 cm³/mol. The predicted octanol–water partition coefficient (Wildman–Crippen LogP) is 5.26. The summed E-state index contributed by atoms with van der Waals surface area (Å²) in [5, 5.41) is 6.00. The van der Waals surface area contributed by atoms with Gasteiger partial charge >= 0.3 is 0 Å². The van der Waals surface area contributed by atoms with E-state index in [1.165, 1.54) is 19.3 Å². The Morgan fingerprint density at radius 3 is 2.75 bits per heavy atom. The van der Waals surface area contributed by atoms with Crippen molar-refractivity contribution >= 4 is 17.3 Å². The molecule has 0 aliphatic heterocycles. The summed E-state index contributed by atoms with van der Waals surface area (Å²) >= 11 is 0. The van der Waals surface area contributed by atoms with Crippen molar-refractivity contribution in [2.45, 2.75) is 32.6 Å². The van der Waals surface area contributed by atoms with E-state index in [1.54, 1.807) is 6.08 Å². The Kier molecular flexibility index (Phi) is 9.49. The smallest absolute Gasteiger partial charge is 0.243 e. The number of benzene rings is 2. The molecule has 0 aromatic heterocycles. The maximum atomic E-state index is 12.3. The van der Waals surface area contributed by atoms with Crippen molar-refractivity contribution in [3.63, 3.8) is 0 Å². The normalized spacial score (nSPS) is 10.2. The van der Waals surface area contributed by atoms with Gasteiger partial charge in [0.1, 0.15) is 18.1 Å². The Morgan fingerprint density at radius 1 is 1.07 bits per heavy atom. The third-order valence-electron chi connectivity index (χ3n) is 4.07. The van der Waals surface area contributed by atoms with Gasteiger partial charge in [-0.25, -0.2) is 0 Å². The monoisotopic (exact) mass is 382 g/mol. The van der Waals surface area contributed by atoms with E-state index in [9.17, 15) is 4.79 Å². The highest BCUT2D eigenvalue weighted by Crippen LogP contribution is 2.23. The van der Waals surface area contributed by atoms with Crippen molar-refractivity contribution in [3.05, 3.63) is 61.2 Å². The molecule has 0 radical (unpaired) electrons. The zero-order chi connectivity index (χ0) is 20.0. The second kappa shape index (κ2) is 12.4. The molecule has 0 heterocycles. The van der Waals surface area contributed by atoms with Gasteiger partial charge in [-0.15, -0.1) is 0 Å². The minimum Gasteiger partial charge on any atom is -0.494 e. The van der Waals surface area contributed by atoms with Crippen LogP contribution in [0.25, 0.3) is 0 Å². The molecule has 2 aromatic rings. The van der Waals surface area contributed by atoms with E-state index in [2.05, 4.69) is 24.1 Å². The van der Waals surface area contributed by atoms with E-state index in [0.717, 1.165) is 17.9 Å². The highest BCUT2D eigenvalue weighted by molar-refractivity contribution is 5.94. The number of hydrogen-bond acceptors (Lipinski definition) is 4. The second-order valence-corrected chi connectivity index (χ2v) is 6.43. The van der Waals surface area contributed by atoms with E-state index in [4.69, 9.17) is 9.47 Å². The molecule has 0 aliphatic rings. The van der Waals surface area contributed by atoms with Crippen LogP contribution in [0.1, 0.15) is 32.6 Å². The average molecular weight is 383 g/mol. The fourth-order valence-electron chi connectivity index (χ4n) is 2.65. The molecule has 5 nitrogen and oxygen atoms in total. The highest BCUT2D eigenvalue weighted by Gasteiger charge is 2.07. The third kappa shape index (κ3) is 7.74. The van der Waals surface area contributed by atoms with Crippen molar-refractivity contribution < 1.29 is 14.3 Å². The Balaban J connectivity index is 1.81. The summed E-state index contributed by atoms with van der Waals surface area (Å²) < 4.78 is 11.4. The molecule has 0 atom stereocenters. The summed E-state index contributed by atoms with van der Waals surface area (Å²) in [5.74, 6) is 1.32. The van der Waals surface area contributed by atoms with E-state index in [1.807, 2.05) is 48.5 Å². The molecule has 0 saturated carbocycles. The molecular formula is C23H30N2O3. The van der Waals surface area contributed by atoms with Crippen LogP contribution < -0.4 is 20.1 Å². The molecular weight excluding hydrogens is 352 g/mol. The van der Waals surface area contributed by atoms with E-state index < -0.39 is 0 Å². The van der Waals surface area contributed by atoms with Crippen molar-refractivity contribution in [2.75, 3.05) is 30.4 Å². The lowest BCUT2D eigenvalue weighted by molar-refractivity contribution is -0.114. The van der Waals surface area contributed by atoms with Gasteiger partial charge in [-0.05, 0) is 30.7 Å². The van der Waals surface area contributed by atoms with Crippen LogP contribution in [0.4, 0.5) is 11.4 Å². The SMILES string of the molecule is C=CCOc1ccccc1NCC(=O)Nc1cccc(OCCCCCC)c1. The molecule has 28 heavy (non-hydrogen) atoms. The molecule has 2 N–H and O–H groups in total. The summed E-state index contributed by atoms with van der Waals surface area (Å²) in [6.45, 7) is 7.08. The van der Waals surface area contributed by atoms with Gasteiger partial charge in [0.25, 0.3) is 0 Å². The van der Waals surface area contributed by atoms with Crippen molar-refractivity contribution in [3.8, 4) is 11.5 Å². The van der Waals surface area contributed by atoms with E-state index >= 15 is 0 Å². The van der Waals surface area contributed by atoms with E-state index in [-0.39, 0.29) is 12.5 Å².